The number of aromatic nitrogens is 2. The van der Waals surface area contributed by atoms with Gasteiger partial charge in [0.25, 0.3) is 0 Å². The van der Waals surface area contributed by atoms with Crippen LogP contribution >= 0.6 is 0 Å². The van der Waals surface area contributed by atoms with Crippen LogP contribution in [0.25, 0.3) is 5.69 Å². The zero-order valence-electron chi connectivity index (χ0n) is 11.9. The van der Waals surface area contributed by atoms with E-state index in [0.29, 0.717) is 0 Å². The van der Waals surface area contributed by atoms with Gasteiger partial charge in [-0.3, -0.25) is 0 Å². The number of hydrogen-bond acceptors (Lipinski definition) is 5. The van der Waals surface area contributed by atoms with Crippen molar-refractivity contribution in [2.75, 3.05) is 12.3 Å². The van der Waals surface area contributed by atoms with Gasteiger partial charge in [0.1, 0.15) is 17.5 Å². The van der Waals surface area contributed by atoms with Gasteiger partial charge in [-0.2, -0.15) is 23.5 Å². The third-order valence-corrected chi connectivity index (χ3v) is 2.92. The number of hydrogen-bond donors (Lipinski definition) is 1. The van der Waals surface area contributed by atoms with Crippen LogP contribution in [0.3, 0.4) is 0 Å². The minimum Gasteiger partial charge on any atom is -0.461 e. The second kappa shape index (κ2) is 6.00. The fraction of sp³-hybridized carbons (Fsp3) is 0.214. The lowest BCUT2D eigenvalue weighted by atomic mass is 10.2. The molecule has 6 nitrogen and oxygen atoms in total. The van der Waals surface area contributed by atoms with Crippen LogP contribution in [0, 0.1) is 11.3 Å². The van der Waals surface area contributed by atoms with Crippen molar-refractivity contribution in [3.8, 4) is 11.8 Å². The van der Waals surface area contributed by atoms with Crippen molar-refractivity contribution in [3.63, 3.8) is 0 Å². The molecule has 0 unspecified atom stereocenters. The molecule has 0 saturated carbocycles. The van der Waals surface area contributed by atoms with Crippen LogP contribution < -0.4 is 5.73 Å². The van der Waals surface area contributed by atoms with Crippen molar-refractivity contribution >= 4 is 11.8 Å². The molecule has 0 aliphatic carbocycles. The lowest BCUT2D eigenvalue weighted by Gasteiger charge is -2.09. The van der Waals surface area contributed by atoms with E-state index in [1.54, 1.807) is 13.0 Å². The molecule has 2 aromatic rings. The van der Waals surface area contributed by atoms with Gasteiger partial charge in [0.15, 0.2) is 5.69 Å². The third kappa shape index (κ3) is 3.11. The lowest BCUT2D eigenvalue weighted by molar-refractivity contribution is -0.137. The van der Waals surface area contributed by atoms with E-state index in [2.05, 4.69) is 5.10 Å². The topological polar surface area (TPSA) is 93.9 Å². The summed E-state index contributed by atoms with van der Waals surface area (Å²) in [6, 6.07) is 5.92. The first-order valence-corrected chi connectivity index (χ1v) is 6.43. The number of nitrogen functional groups attached to an aromatic ring is 1. The summed E-state index contributed by atoms with van der Waals surface area (Å²) in [6.07, 6.45) is -4.54. The van der Waals surface area contributed by atoms with E-state index in [4.69, 9.17) is 15.7 Å². The monoisotopic (exact) mass is 324 g/mol. The van der Waals surface area contributed by atoms with E-state index in [-0.39, 0.29) is 29.4 Å². The predicted octanol–water partition coefficient (Wildman–Crippen LogP) is 2.52. The Balaban J connectivity index is 2.57. The number of carbonyl (C=O) groups excluding carboxylic acids is 1. The van der Waals surface area contributed by atoms with Crippen molar-refractivity contribution in [1.82, 2.24) is 9.78 Å². The fourth-order valence-electron chi connectivity index (χ4n) is 1.89. The Morgan fingerprint density at radius 1 is 1.48 bits per heavy atom. The molecule has 2 rings (SSSR count). The van der Waals surface area contributed by atoms with Gasteiger partial charge in [0.2, 0.25) is 0 Å². The number of benzene rings is 1. The molecule has 0 aliphatic rings. The highest BCUT2D eigenvalue weighted by atomic mass is 19.4. The molecular weight excluding hydrogens is 313 g/mol. The van der Waals surface area contributed by atoms with Crippen LogP contribution in [0.1, 0.15) is 28.5 Å². The average Bonchev–Trinajstić information content (AvgIpc) is 2.83. The first-order valence-electron chi connectivity index (χ1n) is 6.43. The number of nitrogens with zero attached hydrogens (tertiary/aromatic N) is 3. The summed E-state index contributed by atoms with van der Waals surface area (Å²) < 4.78 is 44.0. The molecular formula is C14H11F3N4O2. The number of rotatable bonds is 3. The van der Waals surface area contributed by atoms with Gasteiger partial charge in [0.05, 0.1) is 17.9 Å². The highest BCUT2D eigenvalue weighted by molar-refractivity contribution is 5.92. The van der Waals surface area contributed by atoms with E-state index >= 15 is 0 Å². The van der Waals surface area contributed by atoms with Crippen molar-refractivity contribution in [2.24, 2.45) is 0 Å². The summed E-state index contributed by atoms with van der Waals surface area (Å²) >= 11 is 0. The normalized spacial score (nSPS) is 11.1. The zero-order chi connectivity index (χ0) is 17.2. The van der Waals surface area contributed by atoms with Crippen LogP contribution in [0.4, 0.5) is 19.0 Å². The number of nitrogens with two attached hydrogens (primary N) is 1. The minimum absolute atomic E-state index is 0.0237. The largest absolute Gasteiger partial charge is 0.461 e. The Morgan fingerprint density at radius 2 is 2.17 bits per heavy atom. The quantitative estimate of drug-likeness (QED) is 0.876. The molecule has 9 heteroatoms. The Morgan fingerprint density at radius 3 is 2.74 bits per heavy atom. The molecule has 0 amide bonds. The molecule has 0 radical (unpaired) electrons. The average molecular weight is 324 g/mol. The third-order valence-electron chi connectivity index (χ3n) is 2.92. The van der Waals surface area contributed by atoms with Crippen LogP contribution in [0.15, 0.2) is 24.3 Å². The molecule has 0 spiro atoms. The molecule has 1 heterocycles. The van der Waals surface area contributed by atoms with Crippen molar-refractivity contribution < 1.29 is 22.7 Å². The summed E-state index contributed by atoms with van der Waals surface area (Å²) in [6.45, 7) is 1.62. The summed E-state index contributed by atoms with van der Waals surface area (Å²) in [5.41, 5.74) is 4.21. The van der Waals surface area contributed by atoms with Gasteiger partial charge in [-0.05, 0) is 25.1 Å². The first kappa shape index (κ1) is 16.4. The smallest absolute Gasteiger partial charge is 0.416 e. The second-order valence-corrected chi connectivity index (χ2v) is 4.40. The Bertz CT molecular complexity index is 790. The molecule has 0 atom stereocenters. The van der Waals surface area contributed by atoms with Crippen LogP contribution in [-0.2, 0) is 10.9 Å². The molecule has 1 aromatic carbocycles. The lowest BCUT2D eigenvalue weighted by Crippen LogP contribution is -2.09. The van der Waals surface area contributed by atoms with Gasteiger partial charge in [-0.1, -0.05) is 6.07 Å². The number of halogens is 3. The standard InChI is InChI=1S/C14H11F3N4O2/c1-2-23-13(22)11-10(7-18)12(19)21(20-11)9-5-3-4-8(6-9)14(15,16)17/h3-6H,2,19H2,1H3. The SMILES string of the molecule is CCOC(=O)c1nn(-c2cccc(C(F)(F)F)c2)c(N)c1C#N. The Labute approximate surface area is 128 Å². The van der Waals surface area contributed by atoms with E-state index in [1.165, 1.54) is 12.1 Å². The van der Waals surface area contributed by atoms with E-state index in [1.807, 2.05) is 0 Å². The van der Waals surface area contributed by atoms with Gasteiger partial charge in [-0.25, -0.2) is 9.48 Å². The molecule has 0 bridgehead atoms. The maximum Gasteiger partial charge on any atom is 0.416 e. The molecule has 0 saturated heterocycles. The molecule has 120 valence electrons. The fourth-order valence-corrected chi connectivity index (χ4v) is 1.89. The molecule has 1 aromatic heterocycles. The summed E-state index contributed by atoms with van der Waals surface area (Å²) in [5.74, 6) is -1.11. The molecule has 0 fully saturated rings. The maximum absolute atomic E-state index is 12.8. The number of esters is 1. The number of anilines is 1. The van der Waals surface area contributed by atoms with Gasteiger partial charge in [-0.15, -0.1) is 0 Å². The molecule has 0 aliphatic heterocycles. The van der Waals surface area contributed by atoms with Crippen molar-refractivity contribution in [1.29, 1.82) is 5.26 Å². The number of alkyl halides is 3. The Kier molecular flexibility index (Phi) is 4.27. The van der Waals surface area contributed by atoms with Crippen LogP contribution in [0.5, 0.6) is 0 Å². The van der Waals surface area contributed by atoms with Crippen LogP contribution in [-0.4, -0.2) is 22.4 Å². The summed E-state index contributed by atoms with van der Waals surface area (Å²) in [4.78, 5) is 11.8. The van der Waals surface area contributed by atoms with Crippen LogP contribution in [0.2, 0.25) is 0 Å². The highest BCUT2D eigenvalue weighted by Gasteiger charge is 2.31. The second-order valence-electron chi connectivity index (χ2n) is 4.40. The Hall–Kier alpha value is -3.02. The van der Waals surface area contributed by atoms with E-state index < -0.39 is 17.7 Å². The predicted molar refractivity (Wildman–Crippen MR) is 73.6 cm³/mol. The van der Waals surface area contributed by atoms with Gasteiger partial charge < -0.3 is 10.5 Å². The number of carbonyl (C=O) groups is 1. The first-order chi connectivity index (χ1) is 10.8. The van der Waals surface area contributed by atoms with E-state index in [0.717, 1.165) is 16.8 Å². The summed E-state index contributed by atoms with van der Waals surface area (Å²) in [5, 5.41) is 12.9. The zero-order valence-corrected chi connectivity index (χ0v) is 11.9. The van der Waals surface area contributed by atoms with Gasteiger partial charge >= 0.3 is 12.1 Å². The van der Waals surface area contributed by atoms with E-state index in [9.17, 15) is 18.0 Å². The number of nitriles is 1. The summed E-state index contributed by atoms with van der Waals surface area (Å²) in [7, 11) is 0. The molecule has 23 heavy (non-hydrogen) atoms. The number of ether oxygens (including phenoxy) is 1. The maximum atomic E-state index is 12.8. The highest BCUT2D eigenvalue weighted by Crippen LogP contribution is 2.31. The van der Waals surface area contributed by atoms with Crippen molar-refractivity contribution in [3.05, 3.63) is 41.1 Å². The minimum atomic E-state index is -4.54. The van der Waals surface area contributed by atoms with Crippen molar-refractivity contribution in [2.45, 2.75) is 13.1 Å². The molecule has 2 N–H and O–H groups in total. The van der Waals surface area contributed by atoms with Gasteiger partial charge in [0, 0.05) is 0 Å².